The van der Waals surface area contributed by atoms with Gasteiger partial charge in [-0.05, 0) is 31.0 Å². The van der Waals surface area contributed by atoms with Gasteiger partial charge in [0.2, 0.25) is 0 Å². The molecule has 0 amide bonds. The summed E-state index contributed by atoms with van der Waals surface area (Å²) >= 11 is 0. The fourth-order valence-corrected chi connectivity index (χ4v) is 1.62. The summed E-state index contributed by atoms with van der Waals surface area (Å²) in [5.41, 5.74) is 6.68. The standard InChI is InChI=1S/C11H14FNO.ClH/c1-2-14-11-4-3-7(5-9(11)12)8-6-10(8)13;/h3-5,8,10H,2,6,13H2,1H3;1H. The summed E-state index contributed by atoms with van der Waals surface area (Å²) in [6.07, 6.45) is 0.966. The van der Waals surface area contributed by atoms with Gasteiger partial charge in [-0.25, -0.2) is 4.39 Å². The lowest BCUT2D eigenvalue weighted by Gasteiger charge is -2.06. The highest BCUT2D eigenvalue weighted by atomic mass is 35.5. The molecule has 1 aliphatic carbocycles. The summed E-state index contributed by atoms with van der Waals surface area (Å²) in [6, 6.07) is 5.32. The van der Waals surface area contributed by atoms with Crippen molar-refractivity contribution in [1.82, 2.24) is 0 Å². The predicted octanol–water partition coefficient (Wildman–Crippen LogP) is 2.46. The van der Waals surface area contributed by atoms with Crippen LogP contribution >= 0.6 is 12.4 Å². The molecule has 2 nitrogen and oxygen atoms in total. The normalized spacial score (nSPS) is 23.1. The SMILES string of the molecule is CCOc1ccc(C2CC2N)cc1F.Cl. The Bertz CT molecular complexity index is 345. The monoisotopic (exact) mass is 231 g/mol. The average molecular weight is 232 g/mol. The van der Waals surface area contributed by atoms with Crippen LogP contribution in [0.25, 0.3) is 0 Å². The molecule has 1 aromatic rings. The van der Waals surface area contributed by atoms with E-state index in [2.05, 4.69) is 0 Å². The van der Waals surface area contributed by atoms with Gasteiger partial charge in [-0.3, -0.25) is 0 Å². The van der Waals surface area contributed by atoms with Crippen molar-refractivity contribution in [3.8, 4) is 5.75 Å². The number of ether oxygens (including phenoxy) is 1. The molecule has 4 heteroatoms. The summed E-state index contributed by atoms with van der Waals surface area (Å²) in [6.45, 7) is 2.32. The molecular formula is C11H15ClFNO. The molecule has 0 saturated heterocycles. The van der Waals surface area contributed by atoms with E-state index in [0.29, 0.717) is 18.3 Å². The molecule has 0 heterocycles. The van der Waals surface area contributed by atoms with Gasteiger partial charge < -0.3 is 10.5 Å². The Labute approximate surface area is 95.0 Å². The third kappa shape index (κ3) is 2.61. The Kier molecular flexibility index (Phi) is 3.94. The topological polar surface area (TPSA) is 35.2 Å². The largest absolute Gasteiger partial charge is 0.491 e. The van der Waals surface area contributed by atoms with Gasteiger partial charge in [0.05, 0.1) is 6.61 Å². The quantitative estimate of drug-likeness (QED) is 0.868. The maximum atomic E-state index is 13.4. The first-order valence-electron chi connectivity index (χ1n) is 4.90. The van der Waals surface area contributed by atoms with Crippen molar-refractivity contribution in [1.29, 1.82) is 0 Å². The number of hydrogen-bond donors (Lipinski definition) is 1. The maximum absolute atomic E-state index is 13.4. The fraction of sp³-hybridized carbons (Fsp3) is 0.455. The number of nitrogens with two attached hydrogens (primary N) is 1. The summed E-state index contributed by atoms with van der Waals surface area (Å²) in [4.78, 5) is 0. The fourth-order valence-electron chi connectivity index (χ4n) is 1.62. The van der Waals surface area contributed by atoms with Crippen molar-refractivity contribution in [3.63, 3.8) is 0 Å². The van der Waals surface area contributed by atoms with Crippen LogP contribution in [0.5, 0.6) is 5.75 Å². The lowest BCUT2D eigenvalue weighted by Crippen LogP contribution is -2.01. The minimum Gasteiger partial charge on any atom is -0.491 e. The van der Waals surface area contributed by atoms with E-state index in [9.17, 15) is 4.39 Å². The molecule has 2 N–H and O–H groups in total. The van der Waals surface area contributed by atoms with Crippen LogP contribution in [0, 0.1) is 5.82 Å². The second-order valence-corrected chi connectivity index (χ2v) is 3.63. The Morgan fingerprint density at radius 3 is 2.67 bits per heavy atom. The van der Waals surface area contributed by atoms with Gasteiger partial charge in [-0.1, -0.05) is 6.07 Å². The first-order valence-corrected chi connectivity index (χ1v) is 4.90. The second-order valence-electron chi connectivity index (χ2n) is 3.63. The Morgan fingerprint density at radius 2 is 2.20 bits per heavy atom. The molecule has 2 unspecified atom stereocenters. The molecule has 15 heavy (non-hydrogen) atoms. The van der Waals surface area contributed by atoms with Crippen LogP contribution < -0.4 is 10.5 Å². The lowest BCUT2D eigenvalue weighted by atomic mass is 10.1. The number of benzene rings is 1. The Balaban J connectivity index is 0.00000112. The minimum atomic E-state index is -0.288. The van der Waals surface area contributed by atoms with Crippen LogP contribution in [0.15, 0.2) is 18.2 Å². The second kappa shape index (κ2) is 4.81. The minimum absolute atomic E-state index is 0. The summed E-state index contributed by atoms with van der Waals surface area (Å²) in [7, 11) is 0. The van der Waals surface area contributed by atoms with Gasteiger partial charge in [-0.2, -0.15) is 0 Å². The van der Waals surface area contributed by atoms with Crippen molar-refractivity contribution in [3.05, 3.63) is 29.6 Å². The molecule has 1 aliphatic rings. The number of rotatable bonds is 3. The van der Waals surface area contributed by atoms with Crippen LogP contribution in [0.3, 0.4) is 0 Å². The van der Waals surface area contributed by atoms with E-state index in [-0.39, 0.29) is 24.3 Å². The highest BCUT2D eigenvalue weighted by Gasteiger charge is 2.35. The van der Waals surface area contributed by atoms with E-state index in [1.54, 1.807) is 6.07 Å². The molecule has 0 bridgehead atoms. The van der Waals surface area contributed by atoms with Gasteiger partial charge in [-0.15, -0.1) is 12.4 Å². The first kappa shape index (κ1) is 12.3. The molecular weight excluding hydrogens is 217 g/mol. The molecule has 0 spiro atoms. The van der Waals surface area contributed by atoms with E-state index < -0.39 is 0 Å². The average Bonchev–Trinajstić information content (AvgIpc) is 2.87. The third-order valence-electron chi connectivity index (χ3n) is 2.52. The third-order valence-corrected chi connectivity index (χ3v) is 2.52. The molecule has 1 fully saturated rings. The van der Waals surface area contributed by atoms with Crippen molar-refractivity contribution in [2.24, 2.45) is 5.73 Å². The maximum Gasteiger partial charge on any atom is 0.165 e. The van der Waals surface area contributed by atoms with Gasteiger partial charge in [0.25, 0.3) is 0 Å². The van der Waals surface area contributed by atoms with E-state index in [4.69, 9.17) is 10.5 Å². The van der Waals surface area contributed by atoms with E-state index >= 15 is 0 Å². The van der Waals surface area contributed by atoms with Gasteiger partial charge in [0.1, 0.15) is 0 Å². The summed E-state index contributed by atoms with van der Waals surface area (Å²) < 4.78 is 18.5. The summed E-state index contributed by atoms with van der Waals surface area (Å²) in [5.74, 6) is 0.383. The van der Waals surface area contributed by atoms with Gasteiger partial charge >= 0.3 is 0 Å². The predicted molar refractivity (Wildman–Crippen MR) is 60.2 cm³/mol. The van der Waals surface area contributed by atoms with Crippen LogP contribution in [0.4, 0.5) is 4.39 Å². The van der Waals surface area contributed by atoms with Crippen molar-refractivity contribution in [2.45, 2.75) is 25.3 Å². The van der Waals surface area contributed by atoms with Crippen molar-refractivity contribution < 1.29 is 9.13 Å². The van der Waals surface area contributed by atoms with Crippen LogP contribution in [0.1, 0.15) is 24.8 Å². The number of halogens is 2. The smallest absolute Gasteiger partial charge is 0.165 e. The zero-order valence-corrected chi connectivity index (χ0v) is 9.39. The molecule has 1 aromatic carbocycles. The van der Waals surface area contributed by atoms with Crippen LogP contribution in [-0.2, 0) is 0 Å². The van der Waals surface area contributed by atoms with Crippen LogP contribution in [-0.4, -0.2) is 12.6 Å². The molecule has 2 rings (SSSR count). The van der Waals surface area contributed by atoms with Gasteiger partial charge in [0, 0.05) is 12.0 Å². The molecule has 0 radical (unpaired) electrons. The lowest BCUT2D eigenvalue weighted by molar-refractivity contribution is 0.321. The molecule has 2 atom stereocenters. The van der Waals surface area contributed by atoms with E-state index in [0.717, 1.165) is 12.0 Å². The Morgan fingerprint density at radius 1 is 1.53 bits per heavy atom. The van der Waals surface area contributed by atoms with Gasteiger partial charge in [0.15, 0.2) is 11.6 Å². The highest BCUT2D eigenvalue weighted by Crippen LogP contribution is 2.39. The first-order chi connectivity index (χ1) is 6.72. The van der Waals surface area contributed by atoms with Crippen LogP contribution in [0.2, 0.25) is 0 Å². The molecule has 0 aliphatic heterocycles. The molecule has 0 aromatic heterocycles. The van der Waals surface area contributed by atoms with Crippen molar-refractivity contribution in [2.75, 3.05) is 6.61 Å². The van der Waals surface area contributed by atoms with E-state index in [1.165, 1.54) is 6.07 Å². The highest BCUT2D eigenvalue weighted by molar-refractivity contribution is 5.85. The zero-order chi connectivity index (χ0) is 10.1. The van der Waals surface area contributed by atoms with Crippen molar-refractivity contribution >= 4 is 12.4 Å². The zero-order valence-electron chi connectivity index (χ0n) is 8.57. The number of hydrogen-bond acceptors (Lipinski definition) is 2. The Hall–Kier alpha value is -0.800. The summed E-state index contributed by atoms with van der Waals surface area (Å²) in [5, 5.41) is 0. The van der Waals surface area contributed by atoms with E-state index in [1.807, 2.05) is 13.0 Å². The molecule has 1 saturated carbocycles. The molecule has 84 valence electrons.